The Hall–Kier alpha value is -1.69. The number of nitrogens with two attached hydrogens (primary N) is 1. The minimum atomic E-state index is -3.43. The van der Waals surface area contributed by atoms with Gasteiger partial charge in [-0.05, 0) is 67.5 Å². The van der Waals surface area contributed by atoms with Gasteiger partial charge in [-0.2, -0.15) is 4.31 Å². The third kappa shape index (κ3) is 5.89. The molecule has 148 valence electrons. The molecule has 2 aromatic rings. The molecular weight excluding hydrogens is 356 g/mol. The van der Waals surface area contributed by atoms with Gasteiger partial charge in [0.2, 0.25) is 10.0 Å². The summed E-state index contributed by atoms with van der Waals surface area (Å²) < 4.78 is 27.3. The van der Waals surface area contributed by atoms with Gasteiger partial charge in [-0.15, -0.1) is 0 Å². The second kappa shape index (κ2) is 10.6. The summed E-state index contributed by atoms with van der Waals surface area (Å²) in [5.41, 5.74) is 9.00. The molecule has 0 heterocycles. The first-order chi connectivity index (χ1) is 13.0. The molecule has 0 spiro atoms. The molecule has 2 rings (SSSR count). The van der Waals surface area contributed by atoms with Gasteiger partial charge in [0.25, 0.3) is 0 Å². The van der Waals surface area contributed by atoms with Crippen molar-refractivity contribution in [1.29, 1.82) is 0 Å². The van der Waals surface area contributed by atoms with Crippen molar-refractivity contribution in [2.24, 2.45) is 5.73 Å². The standard InChI is InChI=1S/C22H32N2O2S/c1-3-16-24(17-4-2)27(25,26)22-13-11-20(12-14-22)21-10-7-9-19(18-21)8-5-6-15-23/h7,9-14,18H,3-6,8,15-17,23H2,1-2H3. The van der Waals surface area contributed by atoms with Crippen molar-refractivity contribution in [3.05, 3.63) is 54.1 Å². The molecule has 0 saturated carbocycles. The molecule has 0 amide bonds. The molecule has 0 aliphatic carbocycles. The summed E-state index contributed by atoms with van der Waals surface area (Å²) in [5.74, 6) is 0. The van der Waals surface area contributed by atoms with Gasteiger partial charge in [-0.3, -0.25) is 0 Å². The molecule has 0 aliphatic heterocycles. The fourth-order valence-corrected chi connectivity index (χ4v) is 4.82. The number of hydrogen-bond acceptors (Lipinski definition) is 3. The molecule has 0 atom stereocenters. The van der Waals surface area contributed by atoms with E-state index >= 15 is 0 Å². The van der Waals surface area contributed by atoms with E-state index in [2.05, 4.69) is 24.3 Å². The number of hydrogen-bond donors (Lipinski definition) is 1. The lowest BCUT2D eigenvalue weighted by molar-refractivity contribution is 0.410. The zero-order chi connectivity index (χ0) is 19.7. The summed E-state index contributed by atoms with van der Waals surface area (Å²) in [5, 5.41) is 0. The van der Waals surface area contributed by atoms with E-state index in [4.69, 9.17) is 5.73 Å². The van der Waals surface area contributed by atoms with E-state index in [1.807, 2.05) is 26.0 Å². The summed E-state index contributed by atoms with van der Waals surface area (Å²) in [6.45, 7) is 5.85. The van der Waals surface area contributed by atoms with Crippen molar-refractivity contribution in [3.63, 3.8) is 0 Å². The Labute approximate surface area is 164 Å². The molecule has 2 N–H and O–H groups in total. The van der Waals surface area contributed by atoms with Crippen LogP contribution < -0.4 is 5.73 Å². The third-order valence-corrected chi connectivity index (χ3v) is 6.53. The maximum absolute atomic E-state index is 12.9. The van der Waals surface area contributed by atoms with Gasteiger partial charge >= 0.3 is 0 Å². The zero-order valence-electron chi connectivity index (χ0n) is 16.5. The first kappa shape index (κ1) is 21.6. The normalized spacial score (nSPS) is 11.9. The lowest BCUT2D eigenvalue weighted by Gasteiger charge is -2.21. The van der Waals surface area contributed by atoms with E-state index in [-0.39, 0.29) is 0 Å². The number of nitrogens with zero attached hydrogens (tertiary/aromatic N) is 1. The van der Waals surface area contributed by atoms with E-state index in [1.165, 1.54) is 5.56 Å². The van der Waals surface area contributed by atoms with Crippen LogP contribution in [0.3, 0.4) is 0 Å². The molecule has 27 heavy (non-hydrogen) atoms. The average Bonchev–Trinajstić information content (AvgIpc) is 2.68. The lowest BCUT2D eigenvalue weighted by atomic mass is 10.0. The zero-order valence-corrected chi connectivity index (χ0v) is 17.3. The van der Waals surface area contributed by atoms with Crippen LogP contribution in [0, 0.1) is 0 Å². The number of unbranched alkanes of at least 4 members (excludes halogenated alkanes) is 1. The molecular formula is C22H32N2O2S. The summed E-state index contributed by atoms with van der Waals surface area (Å²) in [7, 11) is -3.43. The Balaban J connectivity index is 2.20. The van der Waals surface area contributed by atoms with E-state index in [0.717, 1.165) is 49.8 Å². The number of aryl methyl sites for hydroxylation is 1. The van der Waals surface area contributed by atoms with Crippen molar-refractivity contribution in [2.45, 2.75) is 50.8 Å². The fraction of sp³-hybridized carbons (Fsp3) is 0.455. The van der Waals surface area contributed by atoms with E-state index in [9.17, 15) is 8.42 Å². The molecule has 2 aromatic carbocycles. The smallest absolute Gasteiger partial charge is 0.243 e. The monoisotopic (exact) mass is 388 g/mol. The minimum absolute atomic E-state index is 0.368. The second-order valence-corrected chi connectivity index (χ2v) is 8.81. The number of sulfonamides is 1. The van der Waals surface area contributed by atoms with Gasteiger partial charge in [-0.1, -0.05) is 50.2 Å². The Bertz CT molecular complexity index is 795. The van der Waals surface area contributed by atoms with Gasteiger partial charge in [0.1, 0.15) is 0 Å². The molecule has 0 radical (unpaired) electrons. The SMILES string of the molecule is CCCN(CCC)S(=O)(=O)c1ccc(-c2cccc(CCCCN)c2)cc1. The summed E-state index contributed by atoms with van der Waals surface area (Å²) in [4.78, 5) is 0.368. The Morgan fingerprint density at radius 1 is 0.889 bits per heavy atom. The molecule has 4 nitrogen and oxygen atoms in total. The molecule has 0 aliphatic rings. The van der Waals surface area contributed by atoms with Crippen LogP contribution in [0.25, 0.3) is 11.1 Å². The van der Waals surface area contributed by atoms with Crippen molar-refractivity contribution in [1.82, 2.24) is 4.31 Å². The molecule has 0 bridgehead atoms. The first-order valence-electron chi connectivity index (χ1n) is 9.92. The van der Waals surface area contributed by atoms with Crippen LogP contribution in [0.4, 0.5) is 0 Å². The van der Waals surface area contributed by atoms with Crippen LogP contribution in [0.2, 0.25) is 0 Å². The quantitative estimate of drug-likeness (QED) is 0.579. The van der Waals surface area contributed by atoms with Crippen LogP contribution in [0.15, 0.2) is 53.4 Å². The Morgan fingerprint density at radius 2 is 1.56 bits per heavy atom. The van der Waals surface area contributed by atoms with Crippen LogP contribution >= 0.6 is 0 Å². The van der Waals surface area contributed by atoms with E-state index in [0.29, 0.717) is 18.0 Å². The predicted molar refractivity (Wildman–Crippen MR) is 113 cm³/mol. The summed E-state index contributed by atoms with van der Waals surface area (Å²) in [6, 6.07) is 15.7. The Kier molecular flexibility index (Phi) is 8.48. The second-order valence-electron chi connectivity index (χ2n) is 6.87. The number of rotatable bonds is 11. The Morgan fingerprint density at radius 3 is 2.15 bits per heavy atom. The van der Waals surface area contributed by atoms with Crippen LogP contribution in [-0.2, 0) is 16.4 Å². The largest absolute Gasteiger partial charge is 0.330 e. The molecule has 0 saturated heterocycles. The fourth-order valence-electron chi connectivity index (χ4n) is 3.20. The summed E-state index contributed by atoms with van der Waals surface area (Å²) >= 11 is 0. The topological polar surface area (TPSA) is 63.4 Å². The van der Waals surface area contributed by atoms with Crippen molar-refractivity contribution < 1.29 is 8.42 Å². The van der Waals surface area contributed by atoms with Crippen LogP contribution in [0.5, 0.6) is 0 Å². The van der Waals surface area contributed by atoms with E-state index in [1.54, 1.807) is 16.4 Å². The van der Waals surface area contributed by atoms with Gasteiger partial charge in [0.15, 0.2) is 0 Å². The molecule has 0 aromatic heterocycles. The molecule has 0 unspecified atom stereocenters. The van der Waals surface area contributed by atoms with Gasteiger partial charge in [-0.25, -0.2) is 8.42 Å². The van der Waals surface area contributed by atoms with E-state index < -0.39 is 10.0 Å². The highest BCUT2D eigenvalue weighted by molar-refractivity contribution is 7.89. The average molecular weight is 389 g/mol. The van der Waals surface area contributed by atoms with Crippen molar-refractivity contribution >= 4 is 10.0 Å². The number of benzene rings is 2. The van der Waals surface area contributed by atoms with Crippen molar-refractivity contribution in [2.75, 3.05) is 19.6 Å². The van der Waals surface area contributed by atoms with Gasteiger partial charge in [0.05, 0.1) is 4.90 Å². The van der Waals surface area contributed by atoms with Gasteiger partial charge in [0, 0.05) is 13.1 Å². The maximum atomic E-state index is 12.9. The highest BCUT2D eigenvalue weighted by atomic mass is 32.2. The van der Waals surface area contributed by atoms with Crippen LogP contribution in [-0.4, -0.2) is 32.4 Å². The lowest BCUT2D eigenvalue weighted by Crippen LogP contribution is -2.32. The first-order valence-corrected chi connectivity index (χ1v) is 11.4. The molecule has 5 heteroatoms. The third-order valence-electron chi connectivity index (χ3n) is 4.62. The van der Waals surface area contributed by atoms with Crippen LogP contribution in [0.1, 0.15) is 45.1 Å². The predicted octanol–water partition coefficient (Wildman–Crippen LogP) is 4.45. The highest BCUT2D eigenvalue weighted by Crippen LogP contribution is 2.24. The highest BCUT2D eigenvalue weighted by Gasteiger charge is 2.22. The van der Waals surface area contributed by atoms with Crippen molar-refractivity contribution in [3.8, 4) is 11.1 Å². The summed E-state index contributed by atoms with van der Waals surface area (Å²) in [6.07, 6.45) is 4.76. The maximum Gasteiger partial charge on any atom is 0.243 e. The van der Waals surface area contributed by atoms with Gasteiger partial charge < -0.3 is 5.73 Å². The molecule has 0 fully saturated rings. The minimum Gasteiger partial charge on any atom is -0.330 e.